The third-order valence-corrected chi connectivity index (χ3v) is 2.24. The number of halogens is 2. The van der Waals surface area contributed by atoms with E-state index in [-0.39, 0.29) is 5.88 Å². The van der Waals surface area contributed by atoms with Crippen molar-refractivity contribution in [1.29, 1.82) is 0 Å². The molecule has 1 heterocycles. The predicted octanol–water partition coefficient (Wildman–Crippen LogP) is 3.45. The topological polar surface area (TPSA) is 22.1 Å². The van der Waals surface area contributed by atoms with E-state index in [0.29, 0.717) is 11.6 Å². The van der Waals surface area contributed by atoms with Crippen LogP contribution in [0.3, 0.4) is 0 Å². The van der Waals surface area contributed by atoms with E-state index in [9.17, 15) is 4.39 Å². The summed E-state index contributed by atoms with van der Waals surface area (Å²) in [7, 11) is 0. The van der Waals surface area contributed by atoms with Crippen molar-refractivity contribution >= 4 is 11.6 Å². The fourth-order valence-corrected chi connectivity index (χ4v) is 1.33. The van der Waals surface area contributed by atoms with Crippen LogP contribution in [0.5, 0.6) is 5.88 Å². The van der Waals surface area contributed by atoms with Crippen molar-refractivity contribution < 1.29 is 9.13 Å². The van der Waals surface area contributed by atoms with E-state index in [2.05, 4.69) is 4.98 Å². The first-order chi connectivity index (χ1) is 7.74. The summed E-state index contributed by atoms with van der Waals surface area (Å²) in [4.78, 5) is 3.59. The minimum absolute atomic E-state index is 0.273. The summed E-state index contributed by atoms with van der Waals surface area (Å²) < 4.78 is 18.1. The Morgan fingerprint density at radius 1 is 1.12 bits per heavy atom. The Bertz CT molecular complexity index is 473. The van der Waals surface area contributed by atoms with Gasteiger partial charge in [-0.25, -0.2) is 0 Å². The van der Waals surface area contributed by atoms with E-state index >= 15 is 0 Å². The lowest BCUT2D eigenvalue weighted by Gasteiger charge is -2.04. The fourth-order valence-electron chi connectivity index (χ4n) is 1.21. The van der Waals surface area contributed by atoms with E-state index in [4.69, 9.17) is 16.3 Å². The monoisotopic (exact) mass is 237 g/mol. The van der Waals surface area contributed by atoms with Crippen LogP contribution in [0.4, 0.5) is 4.39 Å². The number of ether oxygens (including phenoxy) is 1. The van der Waals surface area contributed by atoms with Crippen LogP contribution in [0.2, 0.25) is 5.02 Å². The molecule has 1 aromatic carbocycles. The van der Waals surface area contributed by atoms with Gasteiger partial charge in [-0.2, -0.15) is 9.37 Å². The largest absolute Gasteiger partial charge is 0.473 e. The highest BCUT2D eigenvalue weighted by atomic mass is 35.5. The third-order valence-electron chi connectivity index (χ3n) is 1.99. The minimum Gasteiger partial charge on any atom is -0.473 e. The van der Waals surface area contributed by atoms with Crippen molar-refractivity contribution in [2.75, 3.05) is 0 Å². The molecule has 1 aromatic heterocycles. The minimum atomic E-state index is -0.548. The maximum atomic E-state index is 12.7. The summed E-state index contributed by atoms with van der Waals surface area (Å²) in [6.45, 7) is 0.341. The van der Waals surface area contributed by atoms with Gasteiger partial charge in [-0.05, 0) is 23.8 Å². The molecule has 0 N–H and O–H groups in total. The maximum absolute atomic E-state index is 12.7. The van der Waals surface area contributed by atoms with Gasteiger partial charge in [-0.1, -0.05) is 29.8 Å². The number of pyridine rings is 1. The zero-order valence-electron chi connectivity index (χ0n) is 8.36. The molecule has 2 aromatic rings. The van der Waals surface area contributed by atoms with Gasteiger partial charge in [0, 0.05) is 11.1 Å². The summed E-state index contributed by atoms with van der Waals surface area (Å²) in [6, 6.07) is 11.7. The van der Waals surface area contributed by atoms with Crippen LogP contribution in [0.15, 0.2) is 42.5 Å². The fraction of sp³-hybridized carbons (Fsp3) is 0.0833. The Kier molecular flexibility index (Phi) is 3.37. The summed E-state index contributed by atoms with van der Waals surface area (Å²) in [6.07, 6.45) is 0. The van der Waals surface area contributed by atoms with Crippen molar-refractivity contribution in [1.82, 2.24) is 4.98 Å². The molecule has 0 aliphatic carbocycles. The van der Waals surface area contributed by atoms with Gasteiger partial charge in [0.05, 0.1) is 0 Å². The molecular weight excluding hydrogens is 229 g/mol. The van der Waals surface area contributed by atoms with Gasteiger partial charge >= 0.3 is 0 Å². The molecule has 16 heavy (non-hydrogen) atoms. The van der Waals surface area contributed by atoms with E-state index in [1.54, 1.807) is 24.3 Å². The zero-order valence-corrected chi connectivity index (χ0v) is 9.12. The van der Waals surface area contributed by atoms with Gasteiger partial charge in [-0.15, -0.1) is 0 Å². The summed E-state index contributed by atoms with van der Waals surface area (Å²) in [5.41, 5.74) is 0.954. The molecule has 82 valence electrons. The van der Waals surface area contributed by atoms with Crippen LogP contribution in [0.25, 0.3) is 0 Å². The van der Waals surface area contributed by atoms with Gasteiger partial charge in [-0.3, -0.25) is 0 Å². The number of rotatable bonds is 3. The number of hydrogen-bond acceptors (Lipinski definition) is 2. The number of aromatic nitrogens is 1. The smallest absolute Gasteiger partial charge is 0.216 e. The Hall–Kier alpha value is -1.61. The number of benzene rings is 1. The van der Waals surface area contributed by atoms with E-state index < -0.39 is 5.95 Å². The molecule has 0 saturated heterocycles. The average Bonchev–Trinajstić information content (AvgIpc) is 2.28. The van der Waals surface area contributed by atoms with Crippen LogP contribution >= 0.6 is 11.6 Å². The number of hydrogen-bond donors (Lipinski definition) is 0. The normalized spacial score (nSPS) is 10.1. The lowest BCUT2D eigenvalue weighted by molar-refractivity contribution is 0.289. The van der Waals surface area contributed by atoms with E-state index in [0.717, 1.165) is 5.56 Å². The van der Waals surface area contributed by atoms with Gasteiger partial charge in [0.1, 0.15) is 6.61 Å². The maximum Gasteiger partial charge on any atom is 0.216 e. The quantitative estimate of drug-likeness (QED) is 0.763. The van der Waals surface area contributed by atoms with E-state index in [1.807, 2.05) is 12.1 Å². The van der Waals surface area contributed by atoms with Crippen molar-refractivity contribution in [3.05, 3.63) is 59.0 Å². The SMILES string of the molecule is Fc1cccc(OCc2ccc(Cl)cc2)n1. The lowest BCUT2D eigenvalue weighted by Crippen LogP contribution is -1.97. The molecule has 0 saturated carbocycles. The van der Waals surface area contributed by atoms with Crippen molar-refractivity contribution in [2.45, 2.75) is 6.61 Å². The lowest BCUT2D eigenvalue weighted by atomic mass is 10.2. The Morgan fingerprint density at radius 3 is 2.56 bits per heavy atom. The highest BCUT2D eigenvalue weighted by Gasteiger charge is 1.98. The van der Waals surface area contributed by atoms with Crippen LogP contribution in [-0.2, 0) is 6.61 Å². The van der Waals surface area contributed by atoms with Crippen molar-refractivity contribution in [3.63, 3.8) is 0 Å². The van der Waals surface area contributed by atoms with Crippen molar-refractivity contribution in [3.8, 4) is 5.88 Å². The molecule has 4 heteroatoms. The molecule has 2 rings (SSSR count). The second kappa shape index (κ2) is 4.94. The molecule has 0 aliphatic rings. The first kappa shape index (κ1) is 10.9. The van der Waals surface area contributed by atoms with Gasteiger partial charge < -0.3 is 4.74 Å². The molecule has 0 atom stereocenters. The van der Waals surface area contributed by atoms with Crippen LogP contribution in [-0.4, -0.2) is 4.98 Å². The molecule has 0 radical (unpaired) electrons. The van der Waals surface area contributed by atoms with Gasteiger partial charge in [0.25, 0.3) is 0 Å². The van der Waals surface area contributed by atoms with Crippen LogP contribution in [0, 0.1) is 5.95 Å². The molecular formula is C12H9ClFNO. The standard InChI is InChI=1S/C12H9ClFNO/c13-10-6-4-9(5-7-10)8-16-12-3-1-2-11(14)15-12/h1-7H,8H2. The predicted molar refractivity (Wildman–Crippen MR) is 60.0 cm³/mol. The Labute approximate surface area is 97.7 Å². The molecule has 0 bridgehead atoms. The second-order valence-corrected chi connectivity index (χ2v) is 3.65. The average molecular weight is 238 g/mol. The van der Waals surface area contributed by atoms with Crippen molar-refractivity contribution in [2.24, 2.45) is 0 Å². The van der Waals surface area contributed by atoms with Crippen LogP contribution in [0.1, 0.15) is 5.56 Å². The summed E-state index contributed by atoms with van der Waals surface area (Å²) >= 11 is 5.75. The Balaban J connectivity index is 1.99. The van der Waals surface area contributed by atoms with Gasteiger partial charge in [0.2, 0.25) is 11.8 Å². The molecule has 0 fully saturated rings. The third kappa shape index (κ3) is 2.94. The first-order valence-electron chi connectivity index (χ1n) is 4.74. The summed E-state index contributed by atoms with van der Waals surface area (Å²) in [5, 5.41) is 0.674. The molecule has 0 unspecified atom stereocenters. The molecule has 2 nitrogen and oxygen atoms in total. The number of nitrogens with zero attached hydrogens (tertiary/aromatic N) is 1. The highest BCUT2D eigenvalue weighted by molar-refractivity contribution is 6.30. The molecule has 0 spiro atoms. The molecule has 0 aliphatic heterocycles. The highest BCUT2D eigenvalue weighted by Crippen LogP contribution is 2.12. The Morgan fingerprint density at radius 2 is 1.88 bits per heavy atom. The van der Waals surface area contributed by atoms with Gasteiger partial charge in [0.15, 0.2) is 0 Å². The second-order valence-electron chi connectivity index (χ2n) is 3.21. The zero-order chi connectivity index (χ0) is 11.4. The first-order valence-corrected chi connectivity index (χ1v) is 5.11. The molecule has 0 amide bonds. The van der Waals surface area contributed by atoms with Crippen LogP contribution < -0.4 is 4.74 Å². The van der Waals surface area contributed by atoms with E-state index in [1.165, 1.54) is 6.07 Å². The summed E-state index contributed by atoms with van der Waals surface area (Å²) in [5.74, 6) is -0.274.